The number of hydrogen-bond acceptors (Lipinski definition) is 3. The standard InChI is InChI=1S/C20H25N3/c1-14-4-6-16-18(12-14)22-19-13-15(23-10-8-21-9-11-23)5-7-17(19)20(16,2)3/h4-7,12-13,21-22H,8-11H2,1-3H3. The molecule has 4 rings (SSSR count). The van der Waals surface area contributed by atoms with E-state index in [9.17, 15) is 0 Å². The number of aryl methyl sites for hydroxylation is 1. The molecule has 0 aliphatic carbocycles. The lowest BCUT2D eigenvalue weighted by Gasteiger charge is -2.37. The van der Waals surface area contributed by atoms with Crippen LogP contribution in [0.15, 0.2) is 36.4 Å². The highest BCUT2D eigenvalue weighted by molar-refractivity contribution is 5.78. The Kier molecular flexibility index (Phi) is 3.34. The fraction of sp³-hybridized carbons (Fsp3) is 0.400. The van der Waals surface area contributed by atoms with Crippen LogP contribution in [0.25, 0.3) is 0 Å². The molecule has 0 saturated carbocycles. The Balaban J connectivity index is 1.77. The molecule has 3 heteroatoms. The first-order valence-electron chi connectivity index (χ1n) is 8.54. The van der Waals surface area contributed by atoms with E-state index in [1.165, 1.54) is 33.8 Å². The first kappa shape index (κ1) is 14.6. The maximum Gasteiger partial charge on any atom is 0.0446 e. The van der Waals surface area contributed by atoms with Crippen molar-refractivity contribution in [3.8, 4) is 0 Å². The van der Waals surface area contributed by atoms with Crippen molar-refractivity contribution in [3.05, 3.63) is 53.1 Å². The van der Waals surface area contributed by atoms with Gasteiger partial charge in [0.15, 0.2) is 0 Å². The van der Waals surface area contributed by atoms with Gasteiger partial charge >= 0.3 is 0 Å². The van der Waals surface area contributed by atoms with Gasteiger partial charge in [-0.25, -0.2) is 0 Å². The van der Waals surface area contributed by atoms with Gasteiger partial charge in [-0.15, -0.1) is 0 Å². The van der Waals surface area contributed by atoms with Gasteiger partial charge in [0, 0.05) is 48.7 Å². The van der Waals surface area contributed by atoms with E-state index in [1.807, 2.05) is 0 Å². The summed E-state index contributed by atoms with van der Waals surface area (Å²) in [5.74, 6) is 0. The fourth-order valence-electron chi connectivity index (χ4n) is 3.90. The van der Waals surface area contributed by atoms with E-state index in [4.69, 9.17) is 0 Å². The molecule has 2 N–H and O–H groups in total. The lowest BCUT2D eigenvalue weighted by molar-refractivity contribution is 0.588. The number of benzene rings is 2. The summed E-state index contributed by atoms with van der Waals surface area (Å²) in [5.41, 5.74) is 7.92. The molecule has 2 aromatic carbocycles. The second kappa shape index (κ2) is 5.27. The monoisotopic (exact) mass is 307 g/mol. The molecule has 2 aliphatic rings. The molecular weight excluding hydrogens is 282 g/mol. The number of anilines is 3. The van der Waals surface area contributed by atoms with Gasteiger partial charge in [0.2, 0.25) is 0 Å². The summed E-state index contributed by atoms with van der Waals surface area (Å²) in [4.78, 5) is 2.47. The third kappa shape index (κ3) is 2.40. The summed E-state index contributed by atoms with van der Waals surface area (Å²) >= 11 is 0. The highest BCUT2D eigenvalue weighted by atomic mass is 15.2. The van der Waals surface area contributed by atoms with Crippen molar-refractivity contribution in [2.45, 2.75) is 26.2 Å². The predicted octanol–water partition coefficient (Wildman–Crippen LogP) is 3.79. The summed E-state index contributed by atoms with van der Waals surface area (Å²) in [6.45, 7) is 11.1. The highest BCUT2D eigenvalue weighted by Gasteiger charge is 2.32. The van der Waals surface area contributed by atoms with Gasteiger partial charge in [-0.1, -0.05) is 32.0 Å². The largest absolute Gasteiger partial charge is 0.369 e. The van der Waals surface area contributed by atoms with Gasteiger partial charge in [0.25, 0.3) is 0 Å². The SMILES string of the molecule is Cc1ccc2c(c1)Nc1cc(N3CCNCC3)ccc1C2(C)C. The maximum atomic E-state index is 3.67. The van der Waals surface area contributed by atoms with Crippen LogP contribution < -0.4 is 15.5 Å². The van der Waals surface area contributed by atoms with Gasteiger partial charge in [-0.3, -0.25) is 0 Å². The van der Waals surface area contributed by atoms with Crippen molar-refractivity contribution in [1.29, 1.82) is 0 Å². The third-order valence-corrected chi connectivity index (χ3v) is 5.28. The quantitative estimate of drug-likeness (QED) is 0.839. The minimum atomic E-state index is 0.0333. The molecular formula is C20H25N3. The van der Waals surface area contributed by atoms with Gasteiger partial charge in [0.1, 0.15) is 0 Å². The molecule has 2 aromatic rings. The van der Waals surface area contributed by atoms with E-state index in [0.29, 0.717) is 0 Å². The molecule has 2 aliphatic heterocycles. The lowest BCUT2D eigenvalue weighted by atomic mass is 9.74. The lowest BCUT2D eigenvalue weighted by Crippen LogP contribution is -2.43. The van der Waals surface area contributed by atoms with Crippen molar-refractivity contribution >= 4 is 17.1 Å². The zero-order chi connectivity index (χ0) is 16.0. The van der Waals surface area contributed by atoms with Gasteiger partial charge in [0.05, 0.1) is 0 Å². The molecule has 0 bridgehead atoms. The van der Waals surface area contributed by atoms with E-state index in [1.54, 1.807) is 0 Å². The topological polar surface area (TPSA) is 27.3 Å². The van der Waals surface area contributed by atoms with Crippen molar-refractivity contribution in [2.24, 2.45) is 0 Å². The molecule has 23 heavy (non-hydrogen) atoms. The number of nitrogens with one attached hydrogen (secondary N) is 2. The summed E-state index contributed by atoms with van der Waals surface area (Å²) in [6.07, 6.45) is 0. The van der Waals surface area contributed by atoms with Gasteiger partial charge in [-0.05, 0) is 41.8 Å². The summed E-state index contributed by atoms with van der Waals surface area (Å²) in [6, 6.07) is 13.7. The molecule has 0 amide bonds. The Bertz CT molecular complexity index is 743. The van der Waals surface area contributed by atoms with Crippen molar-refractivity contribution in [1.82, 2.24) is 5.32 Å². The van der Waals surface area contributed by atoms with Crippen molar-refractivity contribution in [3.63, 3.8) is 0 Å². The molecule has 3 nitrogen and oxygen atoms in total. The van der Waals surface area contributed by atoms with Crippen LogP contribution in [0.4, 0.5) is 17.1 Å². The number of piperazine rings is 1. The Hall–Kier alpha value is -2.00. The van der Waals surface area contributed by atoms with Crippen LogP contribution in [0, 0.1) is 6.92 Å². The third-order valence-electron chi connectivity index (χ3n) is 5.28. The summed E-state index contributed by atoms with van der Waals surface area (Å²) in [7, 11) is 0. The van der Waals surface area contributed by atoms with E-state index in [2.05, 4.69) is 72.7 Å². The average Bonchev–Trinajstić information content (AvgIpc) is 2.55. The first-order chi connectivity index (χ1) is 11.1. The molecule has 1 saturated heterocycles. The molecule has 0 spiro atoms. The van der Waals surface area contributed by atoms with Crippen molar-refractivity contribution in [2.75, 3.05) is 36.4 Å². The van der Waals surface area contributed by atoms with Crippen LogP contribution in [0.2, 0.25) is 0 Å². The summed E-state index contributed by atoms with van der Waals surface area (Å²) in [5, 5.41) is 7.10. The van der Waals surface area contributed by atoms with Crippen molar-refractivity contribution < 1.29 is 0 Å². The number of rotatable bonds is 1. The Labute approximate surface area is 138 Å². The summed E-state index contributed by atoms with van der Waals surface area (Å²) < 4.78 is 0. The van der Waals surface area contributed by atoms with E-state index in [0.717, 1.165) is 26.2 Å². The molecule has 1 fully saturated rings. The second-order valence-corrected chi connectivity index (χ2v) is 7.27. The first-order valence-corrected chi connectivity index (χ1v) is 8.54. The fourth-order valence-corrected chi connectivity index (χ4v) is 3.90. The normalized spacial score (nSPS) is 18.8. The molecule has 0 radical (unpaired) electrons. The van der Waals surface area contributed by atoms with Crippen LogP contribution in [0.5, 0.6) is 0 Å². The van der Waals surface area contributed by atoms with E-state index in [-0.39, 0.29) is 5.41 Å². The zero-order valence-corrected chi connectivity index (χ0v) is 14.2. The average molecular weight is 307 g/mol. The van der Waals surface area contributed by atoms with Crippen LogP contribution in [-0.4, -0.2) is 26.2 Å². The van der Waals surface area contributed by atoms with Crippen LogP contribution >= 0.6 is 0 Å². The zero-order valence-electron chi connectivity index (χ0n) is 14.2. The maximum absolute atomic E-state index is 3.67. The predicted molar refractivity (Wildman–Crippen MR) is 98.1 cm³/mol. The molecule has 2 heterocycles. The van der Waals surface area contributed by atoms with Gasteiger partial charge in [-0.2, -0.15) is 0 Å². The number of nitrogens with zero attached hydrogens (tertiary/aromatic N) is 1. The van der Waals surface area contributed by atoms with Crippen LogP contribution in [0.3, 0.4) is 0 Å². The van der Waals surface area contributed by atoms with Crippen LogP contribution in [-0.2, 0) is 5.41 Å². The van der Waals surface area contributed by atoms with Crippen LogP contribution in [0.1, 0.15) is 30.5 Å². The van der Waals surface area contributed by atoms with E-state index >= 15 is 0 Å². The Morgan fingerprint density at radius 1 is 0.913 bits per heavy atom. The van der Waals surface area contributed by atoms with Gasteiger partial charge < -0.3 is 15.5 Å². The minimum absolute atomic E-state index is 0.0333. The minimum Gasteiger partial charge on any atom is -0.369 e. The smallest absolute Gasteiger partial charge is 0.0446 e. The number of fused-ring (bicyclic) bond motifs is 2. The van der Waals surface area contributed by atoms with E-state index < -0.39 is 0 Å². The Morgan fingerprint density at radius 3 is 2.30 bits per heavy atom. The second-order valence-electron chi connectivity index (χ2n) is 7.27. The number of hydrogen-bond donors (Lipinski definition) is 2. The molecule has 0 atom stereocenters. The molecule has 0 aromatic heterocycles. The molecule has 120 valence electrons. The molecule has 0 unspecified atom stereocenters. The Morgan fingerprint density at radius 2 is 1.57 bits per heavy atom. The highest BCUT2D eigenvalue weighted by Crippen LogP contribution is 2.46.